The van der Waals surface area contributed by atoms with Crippen molar-refractivity contribution in [2.24, 2.45) is 5.73 Å². The van der Waals surface area contributed by atoms with E-state index >= 15 is 0 Å². The van der Waals surface area contributed by atoms with Gasteiger partial charge in [-0.2, -0.15) is 0 Å². The molecule has 1 atom stereocenters. The van der Waals surface area contributed by atoms with E-state index in [1.54, 1.807) is 7.11 Å². The summed E-state index contributed by atoms with van der Waals surface area (Å²) >= 11 is 0. The lowest BCUT2D eigenvalue weighted by Gasteiger charge is -2.25. The molecule has 4 heteroatoms. The second kappa shape index (κ2) is 9.50. The van der Waals surface area contributed by atoms with E-state index in [9.17, 15) is 4.79 Å². The van der Waals surface area contributed by atoms with Crippen molar-refractivity contribution in [3.05, 3.63) is 35.9 Å². The Morgan fingerprint density at radius 2 is 2.00 bits per heavy atom. The average Bonchev–Trinajstić information content (AvgIpc) is 2.48. The summed E-state index contributed by atoms with van der Waals surface area (Å²) in [5.41, 5.74) is 7.15. The summed E-state index contributed by atoms with van der Waals surface area (Å²) < 4.78 is 5.07. The standard InChI is InChI=1S/C16H26N2O2/c1-3-4-10-18(11-12-20-2)16(19)15(17)13-14-8-6-5-7-9-14/h5-9,15H,3-4,10-13,17H2,1-2H3/t15-/m0/s1. The van der Waals surface area contributed by atoms with E-state index in [-0.39, 0.29) is 5.91 Å². The Labute approximate surface area is 121 Å². The molecule has 0 aliphatic rings. The summed E-state index contributed by atoms with van der Waals surface area (Å²) in [6.45, 7) is 4.02. The Kier molecular flexibility index (Phi) is 7.92. The van der Waals surface area contributed by atoms with Gasteiger partial charge in [0, 0.05) is 20.2 Å². The minimum absolute atomic E-state index is 0.0133. The van der Waals surface area contributed by atoms with Gasteiger partial charge in [-0.15, -0.1) is 0 Å². The molecule has 0 unspecified atom stereocenters. The maximum Gasteiger partial charge on any atom is 0.239 e. The van der Waals surface area contributed by atoms with Gasteiger partial charge in [0.15, 0.2) is 0 Å². The molecule has 20 heavy (non-hydrogen) atoms. The Hall–Kier alpha value is -1.39. The maximum atomic E-state index is 12.4. The van der Waals surface area contributed by atoms with E-state index in [1.165, 1.54) is 0 Å². The van der Waals surface area contributed by atoms with Gasteiger partial charge in [-0.3, -0.25) is 4.79 Å². The fourth-order valence-electron chi connectivity index (χ4n) is 2.07. The van der Waals surface area contributed by atoms with Crippen molar-refractivity contribution < 1.29 is 9.53 Å². The quantitative estimate of drug-likeness (QED) is 0.750. The van der Waals surface area contributed by atoms with Crippen LogP contribution in [0.25, 0.3) is 0 Å². The third kappa shape index (κ3) is 5.72. The lowest BCUT2D eigenvalue weighted by atomic mass is 10.1. The number of hydrogen-bond acceptors (Lipinski definition) is 3. The van der Waals surface area contributed by atoms with Crippen LogP contribution in [0.4, 0.5) is 0 Å². The van der Waals surface area contributed by atoms with Crippen LogP contribution in [0.2, 0.25) is 0 Å². The molecule has 1 aromatic carbocycles. The zero-order valence-electron chi connectivity index (χ0n) is 12.5. The lowest BCUT2D eigenvalue weighted by Crippen LogP contribution is -2.46. The maximum absolute atomic E-state index is 12.4. The summed E-state index contributed by atoms with van der Waals surface area (Å²) in [5, 5.41) is 0. The summed E-state index contributed by atoms with van der Waals surface area (Å²) in [5.74, 6) is 0.0133. The van der Waals surface area contributed by atoms with E-state index in [1.807, 2.05) is 35.2 Å². The number of rotatable bonds is 9. The van der Waals surface area contributed by atoms with E-state index in [4.69, 9.17) is 10.5 Å². The van der Waals surface area contributed by atoms with Gasteiger partial charge < -0.3 is 15.4 Å². The number of nitrogens with zero attached hydrogens (tertiary/aromatic N) is 1. The SMILES string of the molecule is CCCCN(CCOC)C(=O)[C@@H](N)Cc1ccccc1. The van der Waals surface area contributed by atoms with Gasteiger partial charge in [-0.1, -0.05) is 43.7 Å². The molecule has 0 radical (unpaired) electrons. The highest BCUT2D eigenvalue weighted by molar-refractivity contribution is 5.82. The zero-order chi connectivity index (χ0) is 14.8. The van der Waals surface area contributed by atoms with Gasteiger partial charge in [-0.25, -0.2) is 0 Å². The molecular formula is C16H26N2O2. The van der Waals surface area contributed by atoms with Gasteiger partial charge in [0.05, 0.1) is 12.6 Å². The number of nitrogens with two attached hydrogens (primary N) is 1. The molecule has 1 rings (SSSR count). The number of hydrogen-bond donors (Lipinski definition) is 1. The van der Waals surface area contributed by atoms with Crippen molar-refractivity contribution in [2.75, 3.05) is 26.8 Å². The van der Waals surface area contributed by atoms with Crippen molar-refractivity contribution in [1.29, 1.82) is 0 Å². The summed E-state index contributed by atoms with van der Waals surface area (Å²) in [4.78, 5) is 14.2. The molecule has 0 aromatic heterocycles. The first-order valence-electron chi connectivity index (χ1n) is 7.26. The molecule has 0 bridgehead atoms. The molecule has 1 aromatic rings. The van der Waals surface area contributed by atoms with Crippen LogP contribution in [0.15, 0.2) is 30.3 Å². The van der Waals surface area contributed by atoms with Crippen molar-refractivity contribution in [2.45, 2.75) is 32.2 Å². The van der Waals surface area contributed by atoms with E-state index < -0.39 is 6.04 Å². The molecule has 2 N–H and O–H groups in total. The number of carbonyl (C=O) groups is 1. The number of benzene rings is 1. The van der Waals surface area contributed by atoms with Gasteiger partial charge in [0.1, 0.15) is 0 Å². The molecule has 0 heterocycles. The number of amides is 1. The molecule has 112 valence electrons. The summed E-state index contributed by atoms with van der Waals surface area (Å²) in [6.07, 6.45) is 2.63. The van der Waals surface area contributed by atoms with Crippen LogP contribution in [0.1, 0.15) is 25.3 Å². The monoisotopic (exact) mass is 278 g/mol. The van der Waals surface area contributed by atoms with Crippen LogP contribution in [-0.2, 0) is 16.0 Å². The van der Waals surface area contributed by atoms with E-state index in [0.717, 1.165) is 24.9 Å². The topological polar surface area (TPSA) is 55.6 Å². The third-order valence-electron chi connectivity index (χ3n) is 3.27. The Morgan fingerprint density at radius 3 is 2.60 bits per heavy atom. The molecular weight excluding hydrogens is 252 g/mol. The lowest BCUT2D eigenvalue weighted by molar-refractivity contribution is -0.133. The Morgan fingerprint density at radius 1 is 1.30 bits per heavy atom. The molecule has 4 nitrogen and oxygen atoms in total. The van der Waals surface area contributed by atoms with Crippen molar-refractivity contribution in [3.63, 3.8) is 0 Å². The minimum atomic E-state index is -0.480. The fraction of sp³-hybridized carbons (Fsp3) is 0.562. The second-order valence-corrected chi connectivity index (χ2v) is 4.97. The number of unbranched alkanes of at least 4 members (excludes halogenated alkanes) is 1. The Balaban J connectivity index is 2.57. The Bertz CT molecular complexity index is 373. The predicted octanol–water partition coefficient (Wildman–Crippen LogP) is 1.83. The zero-order valence-corrected chi connectivity index (χ0v) is 12.5. The van der Waals surface area contributed by atoms with Crippen LogP contribution >= 0.6 is 0 Å². The molecule has 0 saturated carbocycles. The number of carbonyl (C=O) groups excluding carboxylic acids is 1. The van der Waals surface area contributed by atoms with E-state index in [0.29, 0.717) is 19.6 Å². The van der Waals surface area contributed by atoms with Gasteiger partial charge in [-0.05, 0) is 18.4 Å². The van der Waals surface area contributed by atoms with Crippen LogP contribution in [0.5, 0.6) is 0 Å². The predicted molar refractivity (Wildman–Crippen MR) is 81.5 cm³/mol. The van der Waals surface area contributed by atoms with Crippen LogP contribution < -0.4 is 5.73 Å². The normalized spacial score (nSPS) is 12.2. The molecule has 0 aliphatic heterocycles. The van der Waals surface area contributed by atoms with Crippen molar-refractivity contribution in [1.82, 2.24) is 4.90 Å². The van der Waals surface area contributed by atoms with Crippen LogP contribution in [0.3, 0.4) is 0 Å². The minimum Gasteiger partial charge on any atom is -0.383 e. The summed E-state index contributed by atoms with van der Waals surface area (Å²) in [7, 11) is 1.65. The van der Waals surface area contributed by atoms with Crippen LogP contribution in [-0.4, -0.2) is 43.7 Å². The van der Waals surface area contributed by atoms with Crippen LogP contribution in [0, 0.1) is 0 Å². The van der Waals surface area contributed by atoms with Gasteiger partial charge >= 0.3 is 0 Å². The van der Waals surface area contributed by atoms with Gasteiger partial charge in [0.2, 0.25) is 5.91 Å². The smallest absolute Gasteiger partial charge is 0.239 e. The average molecular weight is 278 g/mol. The molecule has 0 aliphatic carbocycles. The number of methoxy groups -OCH3 is 1. The highest BCUT2D eigenvalue weighted by atomic mass is 16.5. The van der Waals surface area contributed by atoms with E-state index in [2.05, 4.69) is 6.92 Å². The van der Waals surface area contributed by atoms with Gasteiger partial charge in [0.25, 0.3) is 0 Å². The fourth-order valence-corrected chi connectivity index (χ4v) is 2.07. The summed E-state index contributed by atoms with van der Waals surface area (Å²) in [6, 6.07) is 9.41. The first-order chi connectivity index (χ1) is 9.69. The second-order valence-electron chi connectivity index (χ2n) is 4.97. The molecule has 0 spiro atoms. The first-order valence-corrected chi connectivity index (χ1v) is 7.26. The largest absolute Gasteiger partial charge is 0.383 e. The highest BCUT2D eigenvalue weighted by Gasteiger charge is 2.20. The third-order valence-corrected chi connectivity index (χ3v) is 3.27. The molecule has 0 saturated heterocycles. The van der Waals surface area contributed by atoms with Crippen molar-refractivity contribution in [3.8, 4) is 0 Å². The number of ether oxygens (including phenoxy) is 1. The first kappa shape index (κ1) is 16.7. The van der Waals surface area contributed by atoms with Crippen molar-refractivity contribution >= 4 is 5.91 Å². The molecule has 0 fully saturated rings. The highest BCUT2D eigenvalue weighted by Crippen LogP contribution is 2.05. The molecule has 1 amide bonds.